The third-order valence-electron chi connectivity index (χ3n) is 5.03. The fraction of sp³-hybridized carbons (Fsp3) is 0.217. The van der Waals surface area contributed by atoms with Crippen molar-refractivity contribution >= 4 is 39.1 Å². The lowest BCUT2D eigenvalue weighted by molar-refractivity contribution is -0.384. The number of halogens is 1. The molecule has 0 fully saturated rings. The van der Waals surface area contributed by atoms with Crippen molar-refractivity contribution in [1.29, 1.82) is 0 Å². The van der Waals surface area contributed by atoms with Gasteiger partial charge in [0.1, 0.15) is 0 Å². The monoisotopic (exact) mass is 484 g/mol. The molecule has 7 nitrogen and oxygen atoms in total. The second-order valence-corrected chi connectivity index (χ2v) is 7.91. The number of benzene rings is 2. The number of ketones is 1. The van der Waals surface area contributed by atoms with Crippen molar-refractivity contribution in [2.24, 2.45) is 0 Å². The van der Waals surface area contributed by atoms with Crippen LogP contribution in [0.3, 0.4) is 0 Å². The molecule has 3 rings (SSSR count). The Morgan fingerprint density at radius 1 is 1.19 bits per heavy atom. The summed E-state index contributed by atoms with van der Waals surface area (Å²) >= 11 is 3.40. The Labute approximate surface area is 188 Å². The quantitative estimate of drug-likeness (QED) is 0.315. The first-order chi connectivity index (χ1) is 14.7. The largest absolute Gasteiger partial charge is 0.463 e. The molecule has 1 unspecified atom stereocenters. The SMILES string of the molecule is CCOC(=O)C1=CN(c2cccc([N+](=O)[O-])c2)C(C)=C(C(C)=O)C1c1ccc(Br)cc1. The number of rotatable bonds is 6. The zero-order valence-electron chi connectivity index (χ0n) is 17.3. The fourth-order valence-electron chi connectivity index (χ4n) is 3.67. The molecule has 0 aliphatic carbocycles. The second-order valence-electron chi connectivity index (χ2n) is 6.99. The number of carbonyl (C=O) groups excluding carboxylic acids is 2. The van der Waals surface area contributed by atoms with Gasteiger partial charge in [0.25, 0.3) is 5.69 Å². The maximum absolute atomic E-state index is 12.9. The summed E-state index contributed by atoms with van der Waals surface area (Å²) in [5.41, 5.74) is 2.46. The van der Waals surface area contributed by atoms with Gasteiger partial charge in [-0.2, -0.15) is 0 Å². The molecule has 31 heavy (non-hydrogen) atoms. The number of ether oxygens (including phenoxy) is 1. The van der Waals surface area contributed by atoms with Crippen molar-refractivity contribution < 1.29 is 19.2 Å². The van der Waals surface area contributed by atoms with Crippen LogP contribution in [-0.2, 0) is 14.3 Å². The molecular formula is C23H21BrN2O5. The Balaban J connectivity index is 2.23. The van der Waals surface area contributed by atoms with Gasteiger partial charge < -0.3 is 9.64 Å². The van der Waals surface area contributed by atoms with Gasteiger partial charge in [-0.25, -0.2) is 4.79 Å². The fourth-order valence-corrected chi connectivity index (χ4v) is 3.94. The van der Waals surface area contributed by atoms with Gasteiger partial charge in [0.15, 0.2) is 5.78 Å². The third-order valence-corrected chi connectivity index (χ3v) is 5.56. The van der Waals surface area contributed by atoms with Crippen LogP contribution in [0.5, 0.6) is 0 Å². The highest BCUT2D eigenvalue weighted by atomic mass is 79.9. The normalized spacial score (nSPS) is 16.1. The molecule has 0 amide bonds. The van der Waals surface area contributed by atoms with E-state index in [1.54, 1.807) is 37.1 Å². The number of hydrogen-bond acceptors (Lipinski definition) is 6. The summed E-state index contributed by atoms with van der Waals surface area (Å²) in [4.78, 5) is 38.0. The minimum atomic E-state index is -0.611. The Morgan fingerprint density at radius 3 is 2.45 bits per heavy atom. The Bertz CT molecular complexity index is 1110. The number of anilines is 1. The Kier molecular flexibility index (Phi) is 6.70. The molecule has 1 atom stereocenters. The van der Waals surface area contributed by atoms with Crippen molar-refractivity contribution in [3.63, 3.8) is 0 Å². The Morgan fingerprint density at radius 2 is 1.87 bits per heavy atom. The van der Waals surface area contributed by atoms with Crippen LogP contribution in [-0.4, -0.2) is 23.3 Å². The van der Waals surface area contributed by atoms with Crippen molar-refractivity contribution in [2.75, 3.05) is 11.5 Å². The average molecular weight is 485 g/mol. The third kappa shape index (κ3) is 4.59. The van der Waals surface area contributed by atoms with E-state index < -0.39 is 16.8 Å². The van der Waals surface area contributed by atoms with Crippen LogP contribution >= 0.6 is 15.9 Å². The van der Waals surface area contributed by atoms with Crippen molar-refractivity contribution in [3.05, 3.63) is 91.7 Å². The van der Waals surface area contributed by atoms with Crippen LogP contribution in [0.15, 0.2) is 76.0 Å². The summed E-state index contributed by atoms with van der Waals surface area (Å²) in [5.74, 6) is -1.35. The number of hydrogen-bond donors (Lipinski definition) is 0. The highest BCUT2D eigenvalue weighted by Gasteiger charge is 2.36. The predicted octanol–water partition coefficient (Wildman–Crippen LogP) is 5.27. The summed E-state index contributed by atoms with van der Waals surface area (Å²) in [6.07, 6.45) is 1.60. The van der Waals surface area contributed by atoms with E-state index in [-0.39, 0.29) is 23.7 Å². The highest BCUT2D eigenvalue weighted by molar-refractivity contribution is 9.10. The van der Waals surface area contributed by atoms with Gasteiger partial charge in [-0.15, -0.1) is 0 Å². The van der Waals surface area contributed by atoms with Crippen LogP contribution in [0.4, 0.5) is 11.4 Å². The van der Waals surface area contributed by atoms with Crippen LogP contribution in [0, 0.1) is 10.1 Å². The number of allylic oxidation sites excluding steroid dienone is 2. The number of carbonyl (C=O) groups is 2. The van der Waals surface area contributed by atoms with Gasteiger partial charge >= 0.3 is 5.97 Å². The van der Waals surface area contributed by atoms with E-state index in [2.05, 4.69) is 15.9 Å². The minimum absolute atomic E-state index is 0.0872. The van der Waals surface area contributed by atoms with E-state index in [1.165, 1.54) is 19.1 Å². The van der Waals surface area contributed by atoms with Crippen molar-refractivity contribution in [1.82, 2.24) is 0 Å². The number of Topliss-reactive ketones (excluding diaryl/α,β-unsaturated/α-hetero) is 1. The summed E-state index contributed by atoms with van der Waals surface area (Å²) < 4.78 is 6.15. The highest BCUT2D eigenvalue weighted by Crippen LogP contribution is 2.42. The molecule has 1 aliphatic rings. The zero-order valence-corrected chi connectivity index (χ0v) is 18.9. The molecule has 2 aromatic carbocycles. The predicted molar refractivity (Wildman–Crippen MR) is 121 cm³/mol. The maximum atomic E-state index is 12.9. The zero-order chi connectivity index (χ0) is 22.7. The molecule has 0 radical (unpaired) electrons. The first-order valence-corrected chi connectivity index (χ1v) is 10.4. The summed E-state index contributed by atoms with van der Waals surface area (Å²) in [6, 6.07) is 13.4. The van der Waals surface area contributed by atoms with E-state index in [9.17, 15) is 19.7 Å². The van der Waals surface area contributed by atoms with E-state index in [1.807, 2.05) is 24.3 Å². The summed E-state index contributed by atoms with van der Waals surface area (Å²) in [7, 11) is 0. The smallest absolute Gasteiger partial charge is 0.336 e. The van der Waals surface area contributed by atoms with Crippen LogP contribution < -0.4 is 4.90 Å². The van der Waals surface area contributed by atoms with E-state index in [0.717, 1.165) is 10.0 Å². The number of nitro groups is 1. The van der Waals surface area contributed by atoms with Crippen LogP contribution in [0.1, 0.15) is 32.3 Å². The minimum Gasteiger partial charge on any atom is -0.463 e. The van der Waals surface area contributed by atoms with E-state index in [4.69, 9.17) is 4.74 Å². The maximum Gasteiger partial charge on any atom is 0.336 e. The molecule has 0 spiro atoms. The van der Waals surface area contributed by atoms with Crippen LogP contribution in [0.25, 0.3) is 0 Å². The molecule has 0 saturated carbocycles. The lowest BCUT2D eigenvalue weighted by Gasteiger charge is -2.34. The first kappa shape index (κ1) is 22.4. The van der Waals surface area contributed by atoms with E-state index >= 15 is 0 Å². The van der Waals surface area contributed by atoms with Gasteiger partial charge in [0.05, 0.1) is 22.8 Å². The lowest BCUT2D eigenvalue weighted by Crippen LogP contribution is -2.31. The molecule has 160 valence electrons. The van der Waals surface area contributed by atoms with Crippen molar-refractivity contribution in [3.8, 4) is 0 Å². The second kappa shape index (κ2) is 9.26. The molecule has 1 heterocycles. The molecule has 0 saturated heterocycles. The number of nitro benzene ring substituents is 1. The molecule has 0 aromatic heterocycles. The number of esters is 1. The van der Waals surface area contributed by atoms with Crippen molar-refractivity contribution in [2.45, 2.75) is 26.7 Å². The molecule has 2 aromatic rings. The molecule has 0 N–H and O–H groups in total. The van der Waals surface area contributed by atoms with Gasteiger partial charge in [-0.1, -0.05) is 34.1 Å². The summed E-state index contributed by atoms with van der Waals surface area (Å²) in [5, 5.41) is 11.2. The van der Waals surface area contributed by atoms with E-state index in [0.29, 0.717) is 17.0 Å². The Hall–Kier alpha value is -3.26. The van der Waals surface area contributed by atoms with Gasteiger partial charge in [0, 0.05) is 40.0 Å². The molecule has 0 bridgehead atoms. The average Bonchev–Trinajstić information content (AvgIpc) is 2.74. The standard InChI is InChI=1S/C23H21BrN2O5/c1-4-31-23(28)20-13-25(18-6-5-7-19(12-18)26(29)30)14(2)21(15(3)27)22(20)16-8-10-17(24)11-9-16/h5-13,22H,4H2,1-3H3. The van der Waals surface area contributed by atoms with Crippen LogP contribution in [0.2, 0.25) is 0 Å². The first-order valence-electron chi connectivity index (χ1n) is 9.64. The van der Waals surface area contributed by atoms with Gasteiger partial charge in [-0.05, 0) is 44.5 Å². The van der Waals surface area contributed by atoms with Gasteiger partial charge in [0.2, 0.25) is 0 Å². The summed E-state index contributed by atoms with van der Waals surface area (Å²) in [6.45, 7) is 5.10. The lowest BCUT2D eigenvalue weighted by atomic mass is 9.80. The topological polar surface area (TPSA) is 89.8 Å². The van der Waals surface area contributed by atoms with Gasteiger partial charge in [-0.3, -0.25) is 14.9 Å². The molecule has 8 heteroatoms. The number of nitrogens with zero attached hydrogens (tertiary/aromatic N) is 2. The molecule has 1 aliphatic heterocycles. The number of non-ortho nitro benzene ring substituents is 1. The molecular weight excluding hydrogens is 464 g/mol.